The molecule has 0 spiro atoms. The molecule has 1 heterocycles. The van der Waals surface area contributed by atoms with Crippen molar-refractivity contribution in [3.8, 4) is 5.75 Å². The van der Waals surface area contributed by atoms with Gasteiger partial charge in [-0.05, 0) is 36.4 Å². The molecular weight excluding hydrogens is 266 g/mol. The predicted molar refractivity (Wildman–Crippen MR) is 74.7 cm³/mol. The molecule has 0 saturated heterocycles. The summed E-state index contributed by atoms with van der Waals surface area (Å²) in [4.78, 5) is 0. The smallest absolute Gasteiger partial charge is 0.146 e. The predicted octanol–water partition coefficient (Wildman–Crippen LogP) is 2.87. The van der Waals surface area contributed by atoms with Crippen LogP contribution in [-0.4, -0.2) is 23.6 Å². The zero-order valence-corrected chi connectivity index (χ0v) is 11.1. The maximum absolute atomic E-state index is 9.33. The maximum Gasteiger partial charge on any atom is 0.146 e. The van der Waals surface area contributed by atoms with E-state index in [1.54, 1.807) is 6.26 Å². The fraction of sp³-hybridized carbons (Fsp3) is 0.286. The Morgan fingerprint density at radius 1 is 1.26 bits per heavy atom. The molecule has 4 nitrogen and oxygen atoms in total. The molecule has 0 amide bonds. The van der Waals surface area contributed by atoms with Crippen LogP contribution in [0.2, 0.25) is 0 Å². The minimum absolute atomic E-state index is 0.220. The molecule has 0 radical (unpaired) electrons. The summed E-state index contributed by atoms with van der Waals surface area (Å²) in [6, 6.07) is 11.2. The van der Waals surface area contributed by atoms with Crippen LogP contribution in [0.3, 0.4) is 0 Å². The van der Waals surface area contributed by atoms with Gasteiger partial charge in [-0.3, -0.25) is 0 Å². The second-order valence-corrected chi connectivity index (χ2v) is 4.39. The van der Waals surface area contributed by atoms with Gasteiger partial charge in [0.1, 0.15) is 18.1 Å². The molecule has 0 bridgehead atoms. The summed E-state index contributed by atoms with van der Waals surface area (Å²) in [6.07, 6.45) is 1.07. The SMILES string of the molecule is OC(CCl)CNc1ccc(OCc2ccco2)cc1. The first-order valence-corrected chi connectivity index (χ1v) is 6.54. The van der Waals surface area contributed by atoms with Gasteiger partial charge >= 0.3 is 0 Å². The molecule has 5 heteroatoms. The largest absolute Gasteiger partial charge is 0.486 e. The molecule has 0 aliphatic rings. The zero-order valence-electron chi connectivity index (χ0n) is 10.4. The molecule has 0 aliphatic heterocycles. The maximum atomic E-state index is 9.33. The topological polar surface area (TPSA) is 54.6 Å². The van der Waals surface area contributed by atoms with E-state index < -0.39 is 6.10 Å². The van der Waals surface area contributed by atoms with E-state index in [2.05, 4.69) is 5.32 Å². The highest BCUT2D eigenvalue weighted by Crippen LogP contribution is 2.17. The lowest BCUT2D eigenvalue weighted by Gasteiger charge is -2.10. The zero-order chi connectivity index (χ0) is 13.5. The van der Waals surface area contributed by atoms with Crippen LogP contribution in [0.25, 0.3) is 0 Å². The van der Waals surface area contributed by atoms with Crippen LogP contribution < -0.4 is 10.1 Å². The number of aliphatic hydroxyl groups excluding tert-OH is 1. The van der Waals surface area contributed by atoms with Crippen molar-refractivity contribution < 1.29 is 14.3 Å². The Morgan fingerprint density at radius 3 is 2.68 bits per heavy atom. The molecular formula is C14H16ClNO3. The van der Waals surface area contributed by atoms with Gasteiger partial charge in [-0.25, -0.2) is 0 Å². The van der Waals surface area contributed by atoms with E-state index in [9.17, 15) is 5.11 Å². The van der Waals surface area contributed by atoms with Gasteiger partial charge < -0.3 is 19.6 Å². The molecule has 2 rings (SSSR count). The second kappa shape index (κ2) is 7.07. The molecule has 2 aromatic rings. The van der Waals surface area contributed by atoms with Crippen LogP contribution in [0.1, 0.15) is 5.76 Å². The first kappa shape index (κ1) is 13.8. The number of hydrogen-bond acceptors (Lipinski definition) is 4. The van der Waals surface area contributed by atoms with E-state index in [-0.39, 0.29) is 5.88 Å². The van der Waals surface area contributed by atoms with E-state index in [1.807, 2.05) is 36.4 Å². The number of furan rings is 1. The van der Waals surface area contributed by atoms with Crippen LogP contribution in [0.5, 0.6) is 5.75 Å². The normalized spacial score (nSPS) is 12.1. The van der Waals surface area contributed by atoms with Crippen LogP contribution in [0.4, 0.5) is 5.69 Å². The Balaban J connectivity index is 1.81. The van der Waals surface area contributed by atoms with Crippen LogP contribution in [-0.2, 0) is 6.61 Å². The third kappa shape index (κ3) is 4.50. The molecule has 1 unspecified atom stereocenters. The average Bonchev–Trinajstić information content (AvgIpc) is 2.97. The number of hydrogen-bond donors (Lipinski definition) is 2. The standard InChI is InChI=1S/C14H16ClNO3/c15-8-12(17)9-16-11-3-5-13(6-4-11)19-10-14-2-1-7-18-14/h1-7,12,16-17H,8-10H2. The minimum Gasteiger partial charge on any atom is -0.486 e. The summed E-state index contributed by atoms with van der Waals surface area (Å²) in [6.45, 7) is 0.834. The summed E-state index contributed by atoms with van der Waals surface area (Å²) < 4.78 is 10.7. The van der Waals surface area contributed by atoms with E-state index in [0.717, 1.165) is 17.2 Å². The third-order valence-electron chi connectivity index (χ3n) is 2.54. The fourth-order valence-corrected chi connectivity index (χ4v) is 1.62. The van der Waals surface area contributed by atoms with Crippen molar-refractivity contribution in [1.82, 2.24) is 0 Å². The Kier molecular flexibility index (Phi) is 5.12. The number of benzene rings is 1. The van der Waals surface area contributed by atoms with E-state index in [4.69, 9.17) is 20.8 Å². The van der Waals surface area contributed by atoms with Crippen LogP contribution in [0.15, 0.2) is 47.1 Å². The average molecular weight is 282 g/mol. The molecule has 0 fully saturated rings. The fourth-order valence-electron chi connectivity index (χ4n) is 1.51. The monoisotopic (exact) mass is 281 g/mol. The van der Waals surface area contributed by atoms with Crippen molar-refractivity contribution in [2.24, 2.45) is 0 Å². The van der Waals surface area contributed by atoms with Crippen molar-refractivity contribution in [3.05, 3.63) is 48.4 Å². The lowest BCUT2D eigenvalue weighted by molar-refractivity contribution is 0.211. The molecule has 1 aromatic heterocycles. The molecule has 19 heavy (non-hydrogen) atoms. The summed E-state index contributed by atoms with van der Waals surface area (Å²) in [5.41, 5.74) is 0.912. The quantitative estimate of drug-likeness (QED) is 0.766. The third-order valence-corrected chi connectivity index (χ3v) is 2.89. The highest BCUT2D eigenvalue weighted by Gasteiger charge is 2.02. The van der Waals surface area contributed by atoms with Gasteiger partial charge in [-0.2, -0.15) is 0 Å². The molecule has 2 N–H and O–H groups in total. The van der Waals surface area contributed by atoms with Crippen molar-refractivity contribution in [2.75, 3.05) is 17.7 Å². The van der Waals surface area contributed by atoms with Crippen molar-refractivity contribution in [1.29, 1.82) is 0 Å². The van der Waals surface area contributed by atoms with Gasteiger partial charge in [-0.1, -0.05) is 0 Å². The van der Waals surface area contributed by atoms with Gasteiger partial charge in [0.15, 0.2) is 0 Å². The minimum atomic E-state index is -0.545. The Morgan fingerprint density at radius 2 is 2.05 bits per heavy atom. The number of rotatable bonds is 7. The summed E-state index contributed by atoms with van der Waals surface area (Å²) in [5, 5.41) is 12.4. The number of nitrogens with one attached hydrogen (secondary N) is 1. The Bertz CT molecular complexity index is 470. The number of anilines is 1. The summed E-state index contributed by atoms with van der Waals surface area (Å²) >= 11 is 5.51. The van der Waals surface area contributed by atoms with Gasteiger partial charge in [0, 0.05) is 12.2 Å². The number of aliphatic hydroxyl groups is 1. The number of alkyl halides is 1. The number of ether oxygens (including phenoxy) is 1. The van der Waals surface area contributed by atoms with Crippen molar-refractivity contribution >= 4 is 17.3 Å². The first-order chi connectivity index (χ1) is 9.28. The molecule has 0 aliphatic carbocycles. The van der Waals surface area contributed by atoms with E-state index in [0.29, 0.717) is 13.2 Å². The summed E-state index contributed by atoms with van der Waals surface area (Å²) in [7, 11) is 0. The van der Waals surface area contributed by atoms with Crippen LogP contribution in [0, 0.1) is 0 Å². The summed E-state index contributed by atoms with van der Waals surface area (Å²) in [5.74, 6) is 1.77. The molecule has 0 saturated carbocycles. The van der Waals surface area contributed by atoms with E-state index >= 15 is 0 Å². The highest BCUT2D eigenvalue weighted by atomic mass is 35.5. The van der Waals surface area contributed by atoms with Crippen molar-refractivity contribution in [2.45, 2.75) is 12.7 Å². The lowest BCUT2D eigenvalue weighted by Crippen LogP contribution is -2.20. The van der Waals surface area contributed by atoms with Gasteiger partial charge in [0.25, 0.3) is 0 Å². The van der Waals surface area contributed by atoms with Crippen LogP contribution >= 0.6 is 11.6 Å². The van der Waals surface area contributed by atoms with Crippen molar-refractivity contribution in [3.63, 3.8) is 0 Å². The molecule has 102 valence electrons. The molecule has 1 aromatic carbocycles. The van der Waals surface area contributed by atoms with Gasteiger partial charge in [-0.15, -0.1) is 11.6 Å². The number of halogens is 1. The molecule has 1 atom stereocenters. The lowest BCUT2D eigenvalue weighted by atomic mass is 10.3. The Labute approximate surface area is 117 Å². The Hall–Kier alpha value is -1.65. The first-order valence-electron chi connectivity index (χ1n) is 6.01. The van der Waals surface area contributed by atoms with E-state index in [1.165, 1.54) is 0 Å². The second-order valence-electron chi connectivity index (χ2n) is 4.08. The highest BCUT2D eigenvalue weighted by molar-refractivity contribution is 6.18. The van der Waals surface area contributed by atoms with Gasteiger partial charge in [0.2, 0.25) is 0 Å². The van der Waals surface area contributed by atoms with Gasteiger partial charge in [0.05, 0.1) is 18.2 Å².